The Morgan fingerprint density at radius 2 is 1.60 bits per heavy atom. The van der Waals surface area contributed by atoms with Crippen molar-refractivity contribution >= 4 is 28.5 Å². The highest BCUT2D eigenvalue weighted by atomic mass is 35.5. The van der Waals surface area contributed by atoms with Gasteiger partial charge in [-0.25, -0.2) is 0 Å². The Bertz CT molecular complexity index is 1150. The van der Waals surface area contributed by atoms with Crippen molar-refractivity contribution in [3.8, 4) is 5.75 Å². The van der Waals surface area contributed by atoms with Gasteiger partial charge in [0.15, 0.2) is 0 Å². The first kappa shape index (κ1) is 20.0. The van der Waals surface area contributed by atoms with Crippen LogP contribution in [0, 0.1) is 0 Å². The molecule has 4 nitrogen and oxygen atoms in total. The SMILES string of the molecule is O=C(O)CCc1ccc(OCc2ccc(Cn3ccc4cc(Cl)ccc43)cc2)cc1. The van der Waals surface area contributed by atoms with Crippen molar-refractivity contribution in [2.45, 2.75) is 26.0 Å². The molecule has 0 saturated carbocycles. The molecule has 0 aliphatic rings. The van der Waals surface area contributed by atoms with Crippen LogP contribution in [0.4, 0.5) is 0 Å². The topological polar surface area (TPSA) is 51.5 Å². The number of ether oxygens (including phenoxy) is 1. The van der Waals surface area contributed by atoms with E-state index in [4.69, 9.17) is 21.4 Å². The number of halogens is 1. The van der Waals surface area contributed by atoms with Gasteiger partial charge in [-0.05, 0) is 59.5 Å². The summed E-state index contributed by atoms with van der Waals surface area (Å²) in [6, 6.07) is 24.0. The zero-order chi connectivity index (χ0) is 20.9. The van der Waals surface area contributed by atoms with Crippen LogP contribution in [-0.2, 0) is 24.4 Å². The second-order valence-corrected chi connectivity index (χ2v) is 7.73. The van der Waals surface area contributed by atoms with Crippen molar-refractivity contribution in [2.75, 3.05) is 0 Å². The van der Waals surface area contributed by atoms with Crippen LogP contribution < -0.4 is 4.74 Å². The predicted octanol–water partition coefficient (Wildman–Crippen LogP) is 5.94. The molecule has 4 aromatic rings. The molecule has 0 atom stereocenters. The molecule has 0 aliphatic heterocycles. The van der Waals surface area contributed by atoms with E-state index >= 15 is 0 Å². The number of nitrogens with zero attached hydrogens (tertiary/aromatic N) is 1. The summed E-state index contributed by atoms with van der Waals surface area (Å²) >= 11 is 6.07. The molecule has 0 amide bonds. The van der Waals surface area contributed by atoms with E-state index in [1.807, 2.05) is 42.5 Å². The van der Waals surface area contributed by atoms with E-state index < -0.39 is 5.97 Å². The van der Waals surface area contributed by atoms with Crippen LogP contribution in [0.1, 0.15) is 23.1 Å². The third-order valence-electron chi connectivity index (χ3n) is 5.07. The molecule has 0 spiro atoms. The first-order valence-electron chi connectivity index (χ1n) is 9.82. The fraction of sp³-hybridized carbons (Fsp3) is 0.160. The maximum absolute atomic E-state index is 10.7. The van der Waals surface area contributed by atoms with Gasteiger partial charge >= 0.3 is 5.97 Å². The Morgan fingerprint density at radius 1 is 0.900 bits per heavy atom. The van der Waals surface area contributed by atoms with Crippen LogP contribution in [0.25, 0.3) is 10.9 Å². The Hall–Kier alpha value is -3.24. The number of carboxylic acid groups (broad SMARTS) is 1. The van der Waals surface area contributed by atoms with Crippen molar-refractivity contribution < 1.29 is 14.6 Å². The normalized spacial score (nSPS) is 11.0. The van der Waals surface area contributed by atoms with Crippen molar-refractivity contribution in [1.29, 1.82) is 0 Å². The molecular weight excluding hydrogens is 398 g/mol. The van der Waals surface area contributed by atoms with E-state index in [0.717, 1.165) is 33.8 Å². The van der Waals surface area contributed by atoms with E-state index in [2.05, 4.69) is 41.1 Å². The van der Waals surface area contributed by atoms with E-state index in [1.54, 1.807) is 0 Å². The smallest absolute Gasteiger partial charge is 0.303 e. The molecule has 0 aliphatic carbocycles. The Kier molecular flexibility index (Phi) is 6.05. The molecule has 0 saturated heterocycles. The van der Waals surface area contributed by atoms with Gasteiger partial charge in [0.25, 0.3) is 0 Å². The lowest BCUT2D eigenvalue weighted by molar-refractivity contribution is -0.136. The maximum Gasteiger partial charge on any atom is 0.303 e. The Morgan fingerprint density at radius 3 is 2.33 bits per heavy atom. The van der Waals surface area contributed by atoms with Crippen molar-refractivity contribution in [2.24, 2.45) is 0 Å². The Labute approximate surface area is 180 Å². The largest absolute Gasteiger partial charge is 0.489 e. The molecule has 0 radical (unpaired) electrons. The van der Waals surface area contributed by atoms with Crippen molar-refractivity contribution in [1.82, 2.24) is 4.57 Å². The van der Waals surface area contributed by atoms with E-state index in [1.165, 1.54) is 11.1 Å². The Balaban J connectivity index is 1.34. The lowest BCUT2D eigenvalue weighted by Gasteiger charge is -2.09. The molecule has 5 heteroatoms. The quantitative estimate of drug-likeness (QED) is 0.384. The minimum absolute atomic E-state index is 0.138. The highest BCUT2D eigenvalue weighted by molar-refractivity contribution is 6.31. The lowest BCUT2D eigenvalue weighted by atomic mass is 10.1. The summed E-state index contributed by atoms with van der Waals surface area (Å²) < 4.78 is 8.06. The molecule has 1 N–H and O–H groups in total. The molecular formula is C25H22ClNO3. The lowest BCUT2D eigenvalue weighted by Crippen LogP contribution is -2.00. The third kappa shape index (κ3) is 5.02. The third-order valence-corrected chi connectivity index (χ3v) is 5.30. The second-order valence-electron chi connectivity index (χ2n) is 7.29. The highest BCUT2D eigenvalue weighted by Crippen LogP contribution is 2.22. The van der Waals surface area contributed by atoms with Crippen LogP contribution in [-0.4, -0.2) is 15.6 Å². The van der Waals surface area contributed by atoms with Gasteiger partial charge in [0, 0.05) is 35.1 Å². The monoisotopic (exact) mass is 419 g/mol. The molecule has 30 heavy (non-hydrogen) atoms. The van der Waals surface area contributed by atoms with Gasteiger partial charge in [-0.1, -0.05) is 48.0 Å². The van der Waals surface area contributed by atoms with Crippen LogP contribution in [0.3, 0.4) is 0 Å². The van der Waals surface area contributed by atoms with E-state index in [9.17, 15) is 4.79 Å². The number of aliphatic carboxylic acids is 1. The van der Waals surface area contributed by atoms with Crippen LogP contribution in [0.15, 0.2) is 79.0 Å². The van der Waals surface area contributed by atoms with E-state index in [0.29, 0.717) is 13.0 Å². The summed E-state index contributed by atoms with van der Waals surface area (Å²) in [5.74, 6) is -0.0104. The van der Waals surface area contributed by atoms with Crippen LogP contribution in [0.2, 0.25) is 5.02 Å². The fourth-order valence-electron chi connectivity index (χ4n) is 3.42. The van der Waals surface area contributed by atoms with Gasteiger partial charge in [0.1, 0.15) is 12.4 Å². The maximum atomic E-state index is 10.7. The predicted molar refractivity (Wildman–Crippen MR) is 119 cm³/mol. The first-order valence-corrected chi connectivity index (χ1v) is 10.2. The number of hydrogen-bond acceptors (Lipinski definition) is 2. The molecule has 3 aromatic carbocycles. The second kappa shape index (κ2) is 9.06. The number of carboxylic acids is 1. The van der Waals surface area contributed by atoms with E-state index in [-0.39, 0.29) is 6.42 Å². The van der Waals surface area contributed by atoms with Gasteiger partial charge < -0.3 is 14.4 Å². The average molecular weight is 420 g/mol. The molecule has 4 rings (SSSR count). The summed E-state index contributed by atoms with van der Waals surface area (Å²) in [4.78, 5) is 10.7. The molecule has 1 heterocycles. The number of rotatable bonds is 8. The van der Waals surface area contributed by atoms with Gasteiger partial charge in [0.2, 0.25) is 0 Å². The summed E-state index contributed by atoms with van der Waals surface area (Å²) in [5.41, 5.74) is 4.47. The molecule has 0 fully saturated rings. The minimum atomic E-state index is -0.784. The number of aryl methyl sites for hydroxylation is 1. The van der Waals surface area contributed by atoms with Crippen molar-refractivity contribution in [3.05, 3.63) is 101 Å². The zero-order valence-electron chi connectivity index (χ0n) is 16.4. The van der Waals surface area contributed by atoms with Crippen LogP contribution >= 0.6 is 11.6 Å². The number of carbonyl (C=O) groups is 1. The number of benzene rings is 3. The average Bonchev–Trinajstić information content (AvgIpc) is 3.14. The summed E-state index contributed by atoms with van der Waals surface area (Å²) in [6.07, 6.45) is 2.75. The highest BCUT2D eigenvalue weighted by Gasteiger charge is 2.04. The first-order chi connectivity index (χ1) is 14.6. The number of hydrogen-bond donors (Lipinski definition) is 1. The summed E-state index contributed by atoms with van der Waals surface area (Å²) in [7, 11) is 0. The van der Waals surface area contributed by atoms with Gasteiger partial charge in [0.05, 0.1) is 0 Å². The fourth-order valence-corrected chi connectivity index (χ4v) is 3.60. The molecule has 0 unspecified atom stereocenters. The molecule has 152 valence electrons. The van der Waals surface area contributed by atoms with Gasteiger partial charge in [-0.15, -0.1) is 0 Å². The molecule has 1 aromatic heterocycles. The zero-order valence-corrected chi connectivity index (χ0v) is 17.2. The summed E-state index contributed by atoms with van der Waals surface area (Å²) in [5, 5.41) is 10.6. The number of fused-ring (bicyclic) bond motifs is 1. The van der Waals surface area contributed by atoms with Crippen molar-refractivity contribution in [3.63, 3.8) is 0 Å². The van der Waals surface area contributed by atoms with Gasteiger partial charge in [-0.2, -0.15) is 0 Å². The minimum Gasteiger partial charge on any atom is -0.489 e. The standard InChI is InChI=1S/C25H22ClNO3/c26-22-8-11-24-21(15-22)13-14-27(24)16-19-1-3-20(4-2-19)17-30-23-9-5-18(6-10-23)7-12-25(28)29/h1-6,8-11,13-15H,7,12,16-17H2,(H,28,29). The van der Waals surface area contributed by atoms with Gasteiger partial charge in [-0.3, -0.25) is 4.79 Å². The van der Waals surface area contributed by atoms with Crippen LogP contribution in [0.5, 0.6) is 5.75 Å². The number of aromatic nitrogens is 1. The summed E-state index contributed by atoms with van der Waals surface area (Å²) in [6.45, 7) is 1.28. The molecule has 0 bridgehead atoms.